The summed E-state index contributed by atoms with van der Waals surface area (Å²) in [6.45, 7) is 8.43. The van der Waals surface area contributed by atoms with Crippen LogP contribution in [0.2, 0.25) is 0 Å². The zero-order valence-corrected chi connectivity index (χ0v) is 33.9. The molecule has 282 valence electrons. The van der Waals surface area contributed by atoms with E-state index in [1.54, 1.807) is 0 Å². The molecule has 0 aromatic rings. The van der Waals surface area contributed by atoms with Gasteiger partial charge in [-0.25, -0.2) is 0 Å². The second-order valence-corrected chi connectivity index (χ2v) is 15.3. The summed E-state index contributed by atoms with van der Waals surface area (Å²) in [6.07, 6.45) is 50.5. The predicted octanol–water partition coefficient (Wildman–Crippen LogP) is 10.9. The summed E-state index contributed by atoms with van der Waals surface area (Å²) >= 11 is 0. The fourth-order valence-electron chi connectivity index (χ4n) is 7.43. The molecule has 0 rings (SSSR count). The monoisotopic (exact) mass is 670 g/mol. The van der Waals surface area contributed by atoms with Gasteiger partial charge in [0.15, 0.2) is 0 Å². The van der Waals surface area contributed by atoms with E-state index in [0.717, 1.165) is 25.9 Å². The van der Waals surface area contributed by atoms with Gasteiger partial charge in [0, 0.05) is 6.04 Å². The van der Waals surface area contributed by atoms with Crippen molar-refractivity contribution in [3.8, 4) is 0 Å². The maximum atomic E-state index is 11.8. The molecule has 0 amide bonds. The molecule has 0 saturated heterocycles. The van der Waals surface area contributed by atoms with Crippen LogP contribution >= 0.6 is 0 Å². The summed E-state index contributed by atoms with van der Waals surface area (Å²) in [5, 5.41) is 11.8. The molecule has 1 unspecified atom stereocenters. The SMILES string of the molecule is CCCCCCCCCCCCCCCCCCCCN(CCCCCCCCCCCCCCCCCCCC)C(CC)C(=O)[O-].[Li+]. The number of rotatable bonds is 41. The van der Waals surface area contributed by atoms with E-state index in [-0.39, 0.29) is 18.9 Å². The van der Waals surface area contributed by atoms with Gasteiger partial charge in [0.25, 0.3) is 0 Å². The molecule has 0 bridgehead atoms. The van der Waals surface area contributed by atoms with Gasteiger partial charge < -0.3 is 9.90 Å². The van der Waals surface area contributed by atoms with E-state index in [1.165, 1.54) is 218 Å². The van der Waals surface area contributed by atoms with Gasteiger partial charge in [-0.15, -0.1) is 0 Å². The molecule has 0 heterocycles. The van der Waals surface area contributed by atoms with Crippen LogP contribution in [-0.2, 0) is 4.79 Å². The van der Waals surface area contributed by atoms with Gasteiger partial charge >= 0.3 is 18.9 Å². The van der Waals surface area contributed by atoms with E-state index < -0.39 is 12.0 Å². The fraction of sp³-hybridized carbons (Fsp3) is 0.977. The summed E-state index contributed by atoms with van der Waals surface area (Å²) in [5.74, 6) is -0.877. The van der Waals surface area contributed by atoms with Gasteiger partial charge in [0.05, 0.1) is 5.97 Å². The van der Waals surface area contributed by atoms with Crippen molar-refractivity contribution in [2.75, 3.05) is 13.1 Å². The van der Waals surface area contributed by atoms with Gasteiger partial charge in [-0.1, -0.05) is 239 Å². The van der Waals surface area contributed by atoms with Crippen molar-refractivity contribution in [1.29, 1.82) is 0 Å². The van der Waals surface area contributed by atoms with Crippen LogP contribution in [0.1, 0.15) is 258 Å². The summed E-state index contributed by atoms with van der Waals surface area (Å²) < 4.78 is 0. The standard InChI is InChI=1S/C44H89NO2.Li/c1-4-7-9-11-13-15-17-19-21-23-25-27-29-31-33-35-37-39-41-45(43(6-3)44(46)47)42-40-38-36-34-32-30-28-26-24-22-20-18-16-14-12-10-8-5-2;/h43H,4-42H2,1-3H3,(H,46,47);/q;+1/p-1. The van der Waals surface area contributed by atoms with Gasteiger partial charge in [0.2, 0.25) is 0 Å². The molecule has 0 radical (unpaired) electrons. The van der Waals surface area contributed by atoms with Crippen molar-refractivity contribution in [3.05, 3.63) is 0 Å². The minimum atomic E-state index is -0.877. The number of carbonyl (C=O) groups excluding carboxylic acids is 1. The van der Waals surface area contributed by atoms with Crippen LogP contribution in [0.15, 0.2) is 0 Å². The quantitative estimate of drug-likeness (QED) is 0.0481. The number of carboxylic acid groups (broad SMARTS) is 1. The topological polar surface area (TPSA) is 43.4 Å². The molecule has 0 N–H and O–H groups in total. The van der Waals surface area contributed by atoms with Crippen molar-refractivity contribution in [2.45, 2.75) is 264 Å². The molecule has 0 aliphatic rings. The van der Waals surface area contributed by atoms with E-state index >= 15 is 0 Å². The normalized spacial score (nSPS) is 12.1. The van der Waals surface area contributed by atoms with Crippen LogP contribution in [0, 0.1) is 0 Å². The molecule has 0 aliphatic heterocycles. The Labute approximate surface area is 315 Å². The molecule has 0 spiro atoms. The second kappa shape index (κ2) is 43.2. The Kier molecular flexibility index (Phi) is 45.1. The van der Waals surface area contributed by atoms with Gasteiger partial charge in [-0.2, -0.15) is 0 Å². The Morgan fingerprint density at radius 1 is 0.375 bits per heavy atom. The van der Waals surface area contributed by atoms with Crippen LogP contribution in [0.5, 0.6) is 0 Å². The van der Waals surface area contributed by atoms with Crippen LogP contribution in [-0.4, -0.2) is 30.0 Å². The van der Waals surface area contributed by atoms with Crippen LogP contribution in [0.3, 0.4) is 0 Å². The second-order valence-electron chi connectivity index (χ2n) is 15.3. The first kappa shape index (κ1) is 50.1. The number of hydrogen-bond donors (Lipinski definition) is 0. The van der Waals surface area contributed by atoms with E-state index in [9.17, 15) is 9.90 Å². The maximum absolute atomic E-state index is 11.8. The number of hydrogen-bond acceptors (Lipinski definition) is 3. The predicted molar refractivity (Wildman–Crippen MR) is 208 cm³/mol. The summed E-state index contributed by atoms with van der Waals surface area (Å²) in [7, 11) is 0. The van der Waals surface area contributed by atoms with Crippen LogP contribution in [0.25, 0.3) is 0 Å². The summed E-state index contributed by atoms with van der Waals surface area (Å²) in [4.78, 5) is 14.0. The molecule has 0 fully saturated rings. The third-order valence-electron chi connectivity index (χ3n) is 10.7. The van der Waals surface area contributed by atoms with E-state index in [1.807, 2.05) is 6.92 Å². The smallest absolute Gasteiger partial charge is 0.548 e. The van der Waals surface area contributed by atoms with Crippen LogP contribution < -0.4 is 24.0 Å². The largest absolute Gasteiger partial charge is 1.00 e. The van der Waals surface area contributed by atoms with Crippen molar-refractivity contribution >= 4 is 5.97 Å². The number of unbranched alkanes of at least 4 members (excludes halogenated alkanes) is 34. The molecule has 0 aromatic heterocycles. The Bertz CT molecular complexity index is 560. The van der Waals surface area contributed by atoms with Gasteiger partial charge in [-0.05, 0) is 32.4 Å². The Hall–Kier alpha value is 0.0274. The third kappa shape index (κ3) is 37.3. The summed E-state index contributed by atoms with van der Waals surface area (Å²) in [5.41, 5.74) is 0. The van der Waals surface area contributed by atoms with Gasteiger partial charge in [0.1, 0.15) is 0 Å². The zero-order chi connectivity index (χ0) is 34.3. The molecule has 3 nitrogen and oxygen atoms in total. The average Bonchev–Trinajstić information content (AvgIpc) is 3.07. The minimum absolute atomic E-state index is 0. The fourth-order valence-corrected chi connectivity index (χ4v) is 7.43. The first-order chi connectivity index (χ1) is 23.2. The van der Waals surface area contributed by atoms with E-state index in [0.29, 0.717) is 6.42 Å². The molecule has 4 heteroatoms. The third-order valence-corrected chi connectivity index (χ3v) is 10.7. The first-order valence-corrected chi connectivity index (χ1v) is 22.1. The molecule has 1 atom stereocenters. The number of carbonyl (C=O) groups is 1. The van der Waals surface area contributed by atoms with Crippen molar-refractivity contribution in [2.24, 2.45) is 0 Å². The molecular formula is C44H88LiNO2. The Morgan fingerprint density at radius 2 is 0.562 bits per heavy atom. The molecule has 48 heavy (non-hydrogen) atoms. The molecule has 0 saturated carbocycles. The maximum Gasteiger partial charge on any atom is 1.00 e. The molecule has 0 aliphatic carbocycles. The number of nitrogens with zero attached hydrogens (tertiary/aromatic N) is 1. The number of carboxylic acids is 1. The zero-order valence-electron chi connectivity index (χ0n) is 33.9. The molecule has 0 aromatic carbocycles. The summed E-state index contributed by atoms with van der Waals surface area (Å²) in [6, 6.07) is -0.411. The Morgan fingerprint density at radius 3 is 0.729 bits per heavy atom. The van der Waals surface area contributed by atoms with E-state index in [2.05, 4.69) is 18.7 Å². The van der Waals surface area contributed by atoms with Crippen molar-refractivity contribution in [3.63, 3.8) is 0 Å². The number of aliphatic carboxylic acids is 1. The van der Waals surface area contributed by atoms with E-state index in [4.69, 9.17) is 0 Å². The Balaban J connectivity index is 0. The first-order valence-electron chi connectivity index (χ1n) is 22.1. The van der Waals surface area contributed by atoms with Crippen molar-refractivity contribution in [1.82, 2.24) is 4.90 Å². The van der Waals surface area contributed by atoms with Crippen molar-refractivity contribution < 1.29 is 28.8 Å². The minimum Gasteiger partial charge on any atom is -0.548 e. The van der Waals surface area contributed by atoms with Gasteiger partial charge in [-0.3, -0.25) is 4.90 Å². The van der Waals surface area contributed by atoms with Crippen LogP contribution in [0.4, 0.5) is 0 Å². The average molecular weight is 670 g/mol. The molecular weight excluding hydrogens is 581 g/mol.